The van der Waals surface area contributed by atoms with E-state index < -0.39 is 49.3 Å². The number of ether oxygens (including phenoxy) is 3. The van der Waals surface area contributed by atoms with Crippen molar-refractivity contribution in [1.82, 2.24) is 19.8 Å². The molecule has 1 N–H and O–H groups in total. The molecule has 0 bridgehead atoms. The molecule has 1 aliphatic heterocycles. The molecule has 20 heteroatoms. The Morgan fingerprint density at radius 3 is 2.61 bits per heavy atom. The molecule has 1 fully saturated rings. The Labute approximate surface area is 293 Å². The first kappa shape index (κ1) is 42.4. The standard InChI is InChI=1S/C29H45F3N8O6S2Si/c1-27(2,3)49(8,9)45-15-22-21(44-18-36-38-33)13-23(46-22)40-14-20(24(37-26(40)42)35-17-39(6)7)11-10-12-43-19-47-48-28(4,5)16-34-25(41)29(30,31)32/h14,17,21-23H,12-13,15-16,18-19H2,1-9H3,(H,34,41)/t21?,22-,23-/m1/s1. The zero-order valence-corrected chi connectivity index (χ0v) is 31.8. The zero-order valence-electron chi connectivity index (χ0n) is 29.2. The first-order valence-electron chi connectivity index (χ1n) is 15.1. The van der Waals surface area contributed by atoms with Crippen molar-refractivity contribution >= 4 is 48.0 Å². The minimum Gasteiger partial charge on any atom is -0.414 e. The molecule has 3 atom stereocenters. The molecule has 0 saturated carbocycles. The quantitative estimate of drug-likeness (QED) is 0.0215. The molecule has 1 aromatic heterocycles. The number of hydrogen-bond donors (Lipinski definition) is 1. The molecule has 2 rings (SSSR count). The highest BCUT2D eigenvalue weighted by Gasteiger charge is 2.42. The summed E-state index contributed by atoms with van der Waals surface area (Å²) in [6, 6.07) is 0. The lowest BCUT2D eigenvalue weighted by molar-refractivity contribution is -0.173. The van der Waals surface area contributed by atoms with Gasteiger partial charge in [-0.1, -0.05) is 59.3 Å². The molecule has 1 amide bonds. The lowest BCUT2D eigenvalue weighted by Crippen LogP contribution is -2.44. The summed E-state index contributed by atoms with van der Waals surface area (Å²) in [7, 11) is 3.91. The molecular formula is C29H45F3N8O6S2Si. The van der Waals surface area contributed by atoms with Crippen LogP contribution in [0.3, 0.4) is 0 Å². The van der Waals surface area contributed by atoms with Gasteiger partial charge in [-0.25, -0.2) is 9.79 Å². The van der Waals surface area contributed by atoms with Crippen LogP contribution in [-0.4, -0.2) is 105 Å². The van der Waals surface area contributed by atoms with Gasteiger partial charge in [-0.15, -0.1) is 0 Å². The third-order valence-corrected chi connectivity index (χ3v) is 14.9. The Morgan fingerprint density at radius 1 is 1.31 bits per heavy atom. The molecule has 49 heavy (non-hydrogen) atoms. The first-order chi connectivity index (χ1) is 22.7. The van der Waals surface area contributed by atoms with E-state index in [1.807, 2.05) is 5.32 Å². The van der Waals surface area contributed by atoms with Crippen LogP contribution in [0.1, 0.15) is 52.8 Å². The van der Waals surface area contributed by atoms with Crippen LogP contribution in [0.4, 0.5) is 19.0 Å². The molecule has 1 aliphatic rings. The zero-order chi connectivity index (χ0) is 37.0. The van der Waals surface area contributed by atoms with Crippen molar-refractivity contribution in [3.63, 3.8) is 0 Å². The van der Waals surface area contributed by atoms with Gasteiger partial charge in [0, 0.05) is 42.9 Å². The van der Waals surface area contributed by atoms with Gasteiger partial charge in [0.15, 0.2) is 14.1 Å². The van der Waals surface area contributed by atoms with Crippen LogP contribution in [0, 0.1) is 11.8 Å². The van der Waals surface area contributed by atoms with E-state index >= 15 is 0 Å². The number of azide groups is 1. The second-order valence-corrected chi connectivity index (χ2v) is 21.0. The fourth-order valence-electron chi connectivity index (χ4n) is 3.75. The maximum absolute atomic E-state index is 13.2. The predicted octanol–water partition coefficient (Wildman–Crippen LogP) is 5.59. The topological polar surface area (TPSA) is 165 Å². The summed E-state index contributed by atoms with van der Waals surface area (Å²) >= 11 is 0. The van der Waals surface area contributed by atoms with Gasteiger partial charge in [-0.2, -0.15) is 18.2 Å². The number of halogens is 3. The van der Waals surface area contributed by atoms with E-state index in [1.54, 1.807) is 32.8 Å². The fraction of sp³-hybridized carbons (Fsp3) is 0.724. The predicted molar refractivity (Wildman–Crippen MR) is 187 cm³/mol. The molecule has 274 valence electrons. The largest absolute Gasteiger partial charge is 0.471 e. The Morgan fingerprint density at radius 2 is 2.00 bits per heavy atom. The number of alkyl halides is 3. The molecule has 0 spiro atoms. The lowest BCUT2D eigenvalue weighted by atomic mass is 10.2. The Bertz CT molecular complexity index is 1470. The number of hydrogen-bond acceptors (Lipinski definition) is 11. The van der Waals surface area contributed by atoms with Gasteiger partial charge in [0.05, 0.1) is 24.6 Å². The SMILES string of the molecule is CN(C)C=Nc1nc(=O)n([C@H]2CC(OCN=[N+]=[N-])[C@@H](CO[Si](C)(C)C(C)(C)C)O2)cc1C#CCOCSSC(C)(C)CNC(=O)C(F)(F)F. The minimum absolute atomic E-state index is 0.00310. The summed E-state index contributed by atoms with van der Waals surface area (Å²) in [5.41, 5.74) is 8.44. The molecule has 14 nitrogen and oxygen atoms in total. The van der Waals surface area contributed by atoms with Crippen molar-refractivity contribution in [1.29, 1.82) is 0 Å². The van der Waals surface area contributed by atoms with Gasteiger partial charge < -0.3 is 28.9 Å². The summed E-state index contributed by atoms with van der Waals surface area (Å²) in [5, 5.41) is 5.31. The lowest BCUT2D eigenvalue weighted by Gasteiger charge is -2.37. The number of amides is 1. The van der Waals surface area contributed by atoms with Crippen molar-refractivity contribution in [2.24, 2.45) is 10.1 Å². The number of nitrogens with zero attached hydrogens (tertiary/aromatic N) is 7. The summed E-state index contributed by atoms with van der Waals surface area (Å²) in [6.45, 7) is 13.8. The van der Waals surface area contributed by atoms with E-state index in [2.05, 4.69) is 65.7 Å². The molecule has 1 unspecified atom stereocenters. The van der Waals surface area contributed by atoms with Crippen LogP contribution in [0.2, 0.25) is 18.1 Å². The summed E-state index contributed by atoms with van der Waals surface area (Å²) in [4.78, 5) is 37.2. The van der Waals surface area contributed by atoms with E-state index in [4.69, 9.17) is 24.2 Å². The van der Waals surface area contributed by atoms with Crippen LogP contribution in [-0.2, 0) is 23.4 Å². The van der Waals surface area contributed by atoms with Crippen molar-refractivity contribution < 1.29 is 36.6 Å². The van der Waals surface area contributed by atoms with Gasteiger partial charge in [0.2, 0.25) is 0 Å². The monoisotopic (exact) mass is 750 g/mol. The summed E-state index contributed by atoms with van der Waals surface area (Å²) < 4.78 is 62.0. The molecule has 0 aromatic carbocycles. The molecular weight excluding hydrogens is 706 g/mol. The van der Waals surface area contributed by atoms with Gasteiger partial charge >= 0.3 is 17.8 Å². The van der Waals surface area contributed by atoms with E-state index in [0.29, 0.717) is 5.56 Å². The molecule has 1 saturated heterocycles. The van der Waals surface area contributed by atoms with Crippen molar-refractivity contribution in [3.05, 3.63) is 32.7 Å². The minimum atomic E-state index is -4.94. The highest BCUT2D eigenvalue weighted by Crippen LogP contribution is 2.38. The Balaban J connectivity index is 2.17. The van der Waals surface area contributed by atoms with Crippen molar-refractivity contribution in [2.45, 2.75) is 88.5 Å². The second-order valence-electron chi connectivity index (χ2n) is 13.3. The normalized spacial score (nSPS) is 18.6. The van der Waals surface area contributed by atoms with Crippen LogP contribution in [0.15, 0.2) is 21.1 Å². The van der Waals surface area contributed by atoms with Gasteiger partial charge in [-0.3, -0.25) is 9.36 Å². The first-order valence-corrected chi connectivity index (χ1v) is 20.4. The number of carbonyl (C=O) groups is 1. The van der Waals surface area contributed by atoms with Gasteiger partial charge in [0.25, 0.3) is 0 Å². The van der Waals surface area contributed by atoms with Crippen LogP contribution in [0.25, 0.3) is 10.4 Å². The molecule has 0 aliphatic carbocycles. The van der Waals surface area contributed by atoms with Crippen LogP contribution < -0.4 is 11.0 Å². The molecule has 2 heterocycles. The summed E-state index contributed by atoms with van der Waals surface area (Å²) in [6.07, 6.45) is -3.52. The average Bonchev–Trinajstić information content (AvgIpc) is 3.39. The third kappa shape index (κ3) is 14.2. The maximum atomic E-state index is 13.2. The number of aliphatic imine (C=N–C) groups is 1. The second kappa shape index (κ2) is 18.5. The highest BCUT2D eigenvalue weighted by atomic mass is 33.1. The van der Waals surface area contributed by atoms with E-state index in [0.717, 1.165) is 0 Å². The third-order valence-electron chi connectivity index (χ3n) is 7.40. The number of nitrogens with one attached hydrogen (secondary N) is 1. The maximum Gasteiger partial charge on any atom is 0.471 e. The average molecular weight is 751 g/mol. The smallest absolute Gasteiger partial charge is 0.414 e. The van der Waals surface area contributed by atoms with Crippen molar-refractivity contribution in [3.8, 4) is 11.8 Å². The van der Waals surface area contributed by atoms with Gasteiger partial charge in [-0.05, 0) is 37.5 Å². The Kier molecular flexibility index (Phi) is 16.0. The summed E-state index contributed by atoms with van der Waals surface area (Å²) in [5.74, 6) is 4.11. The molecule has 1 aromatic rings. The van der Waals surface area contributed by atoms with E-state index in [9.17, 15) is 22.8 Å². The van der Waals surface area contributed by atoms with Crippen LogP contribution >= 0.6 is 21.6 Å². The number of aromatic nitrogens is 2. The van der Waals surface area contributed by atoms with Gasteiger partial charge in [0.1, 0.15) is 31.6 Å². The molecule has 0 radical (unpaired) electrons. The van der Waals surface area contributed by atoms with E-state index in [1.165, 1.54) is 38.7 Å². The highest BCUT2D eigenvalue weighted by molar-refractivity contribution is 8.77. The Hall–Kier alpha value is -2.76. The van der Waals surface area contributed by atoms with Crippen molar-refractivity contribution in [2.75, 3.05) is 46.5 Å². The van der Waals surface area contributed by atoms with Crippen LogP contribution in [0.5, 0.6) is 0 Å². The number of carbonyl (C=O) groups excluding carboxylic acids is 1. The van der Waals surface area contributed by atoms with E-state index in [-0.39, 0.29) is 49.7 Å². The number of rotatable bonds is 16. The fourth-order valence-corrected chi connectivity index (χ4v) is 6.89.